The van der Waals surface area contributed by atoms with Crippen LogP contribution in [0.2, 0.25) is 5.02 Å². The van der Waals surface area contributed by atoms with E-state index in [1.165, 1.54) is 0 Å². The third kappa shape index (κ3) is 4.50. The van der Waals surface area contributed by atoms with Gasteiger partial charge in [-0.15, -0.1) is 0 Å². The number of halogens is 1. The molecule has 0 fully saturated rings. The maximum Gasteiger partial charge on any atom is 0.251 e. The molecule has 2 aromatic rings. The second-order valence-corrected chi connectivity index (χ2v) is 5.39. The first kappa shape index (κ1) is 15.4. The lowest BCUT2D eigenvalue weighted by atomic mass is 10.2. The minimum Gasteiger partial charge on any atom is -0.491 e. The van der Waals surface area contributed by atoms with Crippen LogP contribution >= 0.6 is 11.6 Å². The van der Waals surface area contributed by atoms with Crippen molar-refractivity contribution in [3.8, 4) is 5.75 Å². The topological polar surface area (TPSA) is 38.3 Å². The Kier molecular flexibility index (Phi) is 5.23. The minimum absolute atomic E-state index is 0.0900. The largest absolute Gasteiger partial charge is 0.491 e. The Morgan fingerprint density at radius 2 is 1.86 bits per heavy atom. The molecule has 0 saturated heterocycles. The maximum atomic E-state index is 12.0. The molecule has 3 nitrogen and oxygen atoms in total. The molecule has 0 aliphatic rings. The monoisotopic (exact) mass is 303 g/mol. The smallest absolute Gasteiger partial charge is 0.251 e. The highest BCUT2D eigenvalue weighted by Crippen LogP contribution is 2.16. The van der Waals surface area contributed by atoms with E-state index < -0.39 is 0 Å². The van der Waals surface area contributed by atoms with E-state index in [1.807, 2.05) is 38.1 Å². The second kappa shape index (κ2) is 7.14. The molecule has 0 aliphatic heterocycles. The van der Waals surface area contributed by atoms with E-state index in [1.54, 1.807) is 24.3 Å². The van der Waals surface area contributed by atoms with Crippen molar-refractivity contribution in [2.75, 3.05) is 6.61 Å². The summed E-state index contributed by atoms with van der Waals surface area (Å²) in [5.74, 6) is 0.706. The summed E-state index contributed by atoms with van der Waals surface area (Å²) in [6.07, 6.45) is 0. The molecule has 0 radical (unpaired) electrons. The first-order valence-corrected chi connectivity index (χ1v) is 7.19. The standard InChI is InChI=1S/C17H18ClNO2/c1-12-5-3-4-6-16(12)21-11-13(2)19-17(20)14-7-9-15(18)10-8-14/h3-10,13H,11H2,1-2H3,(H,19,20)/t13-/m0/s1. The fraction of sp³-hybridized carbons (Fsp3) is 0.235. The van der Waals surface area contributed by atoms with Crippen molar-refractivity contribution in [3.05, 3.63) is 64.7 Å². The van der Waals surface area contributed by atoms with Crippen molar-refractivity contribution >= 4 is 17.5 Å². The quantitative estimate of drug-likeness (QED) is 0.911. The van der Waals surface area contributed by atoms with Gasteiger partial charge in [-0.3, -0.25) is 4.79 Å². The van der Waals surface area contributed by atoms with E-state index in [0.717, 1.165) is 11.3 Å². The summed E-state index contributed by atoms with van der Waals surface area (Å²) in [5.41, 5.74) is 1.66. The van der Waals surface area contributed by atoms with Gasteiger partial charge < -0.3 is 10.1 Å². The van der Waals surface area contributed by atoms with Crippen LogP contribution in [0.1, 0.15) is 22.8 Å². The number of carbonyl (C=O) groups is 1. The molecular formula is C17H18ClNO2. The third-order valence-electron chi connectivity index (χ3n) is 3.07. The van der Waals surface area contributed by atoms with Crippen molar-refractivity contribution in [1.29, 1.82) is 0 Å². The van der Waals surface area contributed by atoms with Crippen molar-refractivity contribution < 1.29 is 9.53 Å². The summed E-state index contributed by atoms with van der Waals surface area (Å²) >= 11 is 5.80. The van der Waals surface area contributed by atoms with Crippen LogP contribution in [0.3, 0.4) is 0 Å². The molecule has 0 heterocycles. The first-order valence-electron chi connectivity index (χ1n) is 6.81. The van der Waals surface area contributed by atoms with Gasteiger partial charge in [-0.05, 0) is 49.7 Å². The normalized spacial score (nSPS) is 11.8. The summed E-state index contributed by atoms with van der Waals surface area (Å²) in [6.45, 7) is 4.32. The zero-order valence-electron chi connectivity index (χ0n) is 12.1. The van der Waals surface area contributed by atoms with Gasteiger partial charge in [-0.1, -0.05) is 29.8 Å². The molecule has 0 spiro atoms. The molecule has 1 amide bonds. The molecule has 0 saturated carbocycles. The number of aryl methyl sites for hydroxylation is 1. The average Bonchev–Trinajstić information content (AvgIpc) is 2.47. The highest BCUT2D eigenvalue weighted by Gasteiger charge is 2.10. The maximum absolute atomic E-state index is 12.0. The van der Waals surface area contributed by atoms with E-state index in [0.29, 0.717) is 17.2 Å². The Labute approximate surface area is 129 Å². The summed E-state index contributed by atoms with van der Waals surface area (Å²) in [7, 11) is 0. The van der Waals surface area contributed by atoms with Gasteiger partial charge in [-0.2, -0.15) is 0 Å². The van der Waals surface area contributed by atoms with Gasteiger partial charge in [0.15, 0.2) is 0 Å². The molecule has 110 valence electrons. The van der Waals surface area contributed by atoms with Crippen LogP contribution in [0, 0.1) is 6.92 Å². The van der Waals surface area contributed by atoms with Crippen LogP contribution in [0.5, 0.6) is 5.75 Å². The van der Waals surface area contributed by atoms with Crippen LogP contribution in [0.25, 0.3) is 0 Å². The van der Waals surface area contributed by atoms with Gasteiger partial charge >= 0.3 is 0 Å². The third-order valence-corrected chi connectivity index (χ3v) is 3.32. The highest BCUT2D eigenvalue weighted by molar-refractivity contribution is 6.30. The molecule has 21 heavy (non-hydrogen) atoms. The molecule has 4 heteroatoms. The Hall–Kier alpha value is -2.00. The Balaban J connectivity index is 1.87. The van der Waals surface area contributed by atoms with E-state index in [4.69, 9.17) is 16.3 Å². The zero-order chi connectivity index (χ0) is 15.2. The van der Waals surface area contributed by atoms with Crippen LogP contribution in [-0.2, 0) is 0 Å². The van der Waals surface area contributed by atoms with Gasteiger partial charge in [0.2, 0.25) is 0 Å². The number of hydrogen-bond donors (Lipinski definition) is 1. The van der Waals surface area contributed by atoms with Gasteiger partial charge in [0.25, 0.3) is 5.91 Å². The number of rotatable bonds is 5. The molecule has 0 aromatic heterocycles. The number of nitrogens with one attached hydrogen (secondary N) is 1. The number of amides is 1. The van der Waals surface area contributed by atoms with Crippen LogP contribution in [0.4, 0.5) is 0 Å². The zero-order valence-corrected chi connectivity index (χ0v) is 12.9. The fourth-order valence-corrected chi connectivity index (χ4v) is 2.01. The van der Waals surface area contributed by atoms with Gasteiger partial charge in [0, 0.05) is 10.6 Å². The molecule has 1 atom stereocenters. The lowest BCUT2D eigenvalue weighted by Gasteiger charge is -2.16. The van der Waals surface area contributed by atoms with Crippen molar-refractivity contribution in [1.82, 2.24) is 5.32 Å². The van der Waals surface area contributed by atoms with Crippen LogP contribution < -0.4 is 10.1 Å². The predicted molar refractivity (Wildman–Crippen MR) is 85.1 cm³/mol. The summed E-state index contributed by atoms with van der Waals surface area (Å²) < 4.78 is 5.72. The van der Waals surface area contributed by atoms with Crippen LogP contribution in [-0.4, -0.2) is 18.6 Å². The number of para-hydroxylation sites is 1. The molecule has 0 aliphatic carbocycles. The average molecular weight is 304 g/mol. The molecule has 1 N–H and O–H groups in total. The highest BCUT2D eigenvalue weighted by atomic mass is 35.5. The van der Waals surface area contributed by atoms with E-state index in [-0.39, 0.29) is 11.9 Å². The second-order valence-electron chi connectivity index (χ2n) is 4.96. The van der Waals surface area contributed by atoms with Gasteiger partial charge in [0.05, 0.1) is 6.04 Å². The number of ether oxygens (including phenoxy) is 1. The number of benzene rings is 2. The molecule has 0 bridgehead atoms. The van der Waals surface area contributed by atoms with Gasteiger partial charge in [0.1, 0.15) is 12.4 Å². The molecule has 0 unspecified atom stereocenters. The molecular weight excluding hydrogens is 286 g/mol. The van der Waals surface area contributed by atoms with Crippen LogP contribution in [0.15, 0.2) is 48.5 Å². The van der Waals surface area contributed by atoms with E-state index in [9.17, 15) is 4.79 Å². The lowest BCUT2D eigenvalue weighted by molar-refractivity contribution is 0.0926. The Morgan fingerprint density at radius 3 is 2.52 bits per heavy atom. The van der Waals surface area contributed by atoms with E-state index in [2.05, 4.69) is 5.32 Å². The number of hydrogen-bond acceptors (Lipinski definition) is 2. The first-order chi connectivity index (χ1) is 10.1. The Bertz CT molecular complexity index is 610. The van der Waals surface area contributed by atoms with Gasteiger partial charge in [-0.25, -0.2) is 0 Å². The predicted octanol–water partition coefficient (Wildman–Crippen LogP) is 3.85. The SMILES string of the molecule is Cc1ccccc1OC[C@H](C)NC(=O)c1ccc(Cl)cc1. The lowest BCUT2D eigenvalue weighted by Crippen LogP contribution is -2.36. The summed E-state index contributed by atoms with van der Waals surface area (Å²) in [4.78, 5) is 12.0. The molecule has 2 aromatic carbocycles. The number of carbonyl (C=O) groups excluding carboxylic acids is 1. The molecule has 2 rings (SSSR count). The fourth-order valence-electron chi connectivity index (χ4n) is 1.88. The summed E-state index contributed by atoms with van der Waals surface area (Å²) in [6, 6.07) is 14.5. The van der Waals surface area contributed by atoms with Crippen molar-refractivity contribution in [3.63, 3.8) is 0 Å². The minimum atomic E-state index is -0.132. The summed E-state index contributed by atoms with van der Waals surface area (Å²) in [5, 5.41) is 3.51. The van der Waals surface area contributed by atoms with Crippen molar-refractivity contribution in [2.24, 2.45) is 0 Å². The van der Waals surface area contributed by atoms with Crippen molar-refractivity contribution in [2.45, 2.75) is 19.9 Å². The Morgan fingerprint density at radius 1 is 1.19 bits per heavy atom. The van der Waals surface area contributed by atoms with E-state index >= 15 is 0 Å².